The van der Waals surface area contributed by atoms with E-state index in [4.69, 9.17) is 0 Å². The van der Waals surface area contributed by atoms with E-state index in [-0.39, 0.29) is 5.91 Å². The van der Waals surface area contributed by atoms with Crippen molar-refractivity contribution in [1.82, 2.24) is 19.6 Å². The first-order chi connectivity index (χ1) is 13.7. The van der Waals surface area contributed by atoms with E-state index < -0.39 is 0 Å². The Morgan fingerprint density at radius 2 is 1.82 bits per heavy atom. The maximum atomic E-state index is 13.3. The monoisotopic (exact) mass is 396 g/mol. The van der Waals surface area contributed by atoms with Gasteiger partial charge in [-0.15, -0.1) is 11.8 Å². The van der Waals surface area contributed by atoms with Crippen LogP contribution in [0.5, 0.6) is 0 Å². The van der Waals surface area contributed by atoms with Crippen LogP contribution >= 0.6 is 11.8 Å². The first kappa shape index (κ1) is 18.3. The van der Waals surface area contributed by atoms with E-state index >= 15 is 0 Å². The number of carbonyl (C=O) groups is 1. The first-order valence-electron chi connectivity index (χ1n) is 10.5. The van der Waals surface area contributed by atoms with E-state index in [0.717, 1.165) is 49.2 Å². The second kappa shape index (κ2) is 7.56. The molecule has 0 bridgehead atoms. The highest BCUT2D eigenvalue weighted by molar-refractivity contribution is 7.98. The lowest BCUT2D eigenvalue weighted by atomic mass is 9.94. The van der Waals surface area contributed by atoms with Crippen LogP contribution in [0.3, 0.4) is 0 Å². The number of hydrogen-bond donors (Lipinski definition) is 0. The summed E-state index contributed by atoms with van der Waals surface area (Å²) in [6.07, 6.45) is 6.78. The van der Waals surface area contributed by atoms with Crippen molar-refractivity contribution in [2.24, 2.45) is 7.05 Å². The van der Waals surface area contributed by atoms with Crippen LogP contribution in [0.2, 0.25) is 0 Å². The van der Waals surface area contributed by atoms with Crippen LogP contribution in [0.25, 0.3) is 11.3 Å². The normalized spacial score (nSPS) is 20.7. The van der Waals surface area contributed by atoms with Crippen molar-refractivity contribution in [2.75, 3.05) is 26.2 Å². The van der Waals surface area contributed by atoms with Crippen molar-refractivity contribution in [1.29, 1.82) is 0 Å². The van der Waals surface area contributed by atoms with Crippen molar-refractivity contribution in [2.45, 2.75) is 48.8 Å². The SMILES string of the molecule is Cn1nc(C(=O)N2CCN(C3CCCCC3)CC2)c2c1-c1ccccc1SC2. The molecule has 2 fully saturated rings. The maximum Gasteiger partial charge on any atom is 0.274 e. The largest absolute Gasteiger partial charge is 0.335 e. The molecule has 1 saturated carbocycles. The molecule has 1 amide bonds. The topological polar surface area (TPSA) is 41.4 Å². The number of thioether (sulfide) groups is 1. The van der Waals surface area contributed by atoms with Crippen molar-refractivity contribution in [3.05, 3.63) is 35.5 Å². The Morgan fingerprint density at radius 1 is 1.07 bits per heavy atom. The summed E-state index contributed by atoms with van der Waals surface area (Å²) in [6, 6.07) is 9.17. The zero-order valence-electron chi connectivity index (χ0n) is 16.6. The van der Waals surface area contributed by atoms with Crippen LogP contribution in [0.1, 0.15) is 48.2 Å². The molecule has 1 aliphatic carbocycles. The van der Waals surface area contributed by atoms with E-state index in [0.29, 0.717) is 5.69 Å². The molecule has 1 saturated heterocycles. The molecule has 2 aliphatic heterocycles. The molecular weight excluding hydrogens is 368 g/mol. The smallest absolute Gasteiger partial charge is 0.274 e. The van der Waals surface area contributed by atoms with Crippen LogP contribution < -0.4 is 0 Å². The number of benzene rings is 1. The lowest BCUT2D eigenvalue weighted by Gasteiger charge is -2.40. The molecule has 5 rings (SSSR count). The van der Waals surface area contributed by atoms with E-state index in [1.54, 1.807) is 0 Å². The van der Waals surface area contributed by atoms with Crippen molar-refractivity contribution >= 4 is 17.7 Å². The Hall–Kier alpha value is -1.79. The molecule has 3 aliphatic rings. The van der Waals surface area contributed by atoms with Gasteiger partial charge >= 0.3 is 0 Å². The van der Waals surface area contributed by atoms with Gasteiger partial charge in [0.15, 0.2) is 5.69 Å². The third-order valence-electron chi connectivity index (χ3n) is 6.55. The van der Waals surface area contributed by atoms with Gasteiger partial charge in [-0.2, -0.15) is 5.10 Å². The number of rotatable bonds is 2. The summed E-state index contributed by atoms with van der Waals surface area (Å²) in [5, 5.41) is 4.67. The lowest BCUT2D eigenvalue weighted by molar-refractivity contribution is 0.0517. The molecule has 2 aromatic rings. The summed E-state index contributed by atoms with van der Waals surface area (Å²) in [7, 11) is 1.96. The number of carbonyl (C=O) groups excluding carboxylic acids is 1. The summed E-state index contributed by atoms with van der Waals surface area (Å²) in [4.78, 5) is 19.2. The fourth-order valence-electron chi connectivity index (χ4n) is 5.04. The molecular formula is C22H28N4OS. The Kier molecular flexibility index (Phi) is 4.93. The highest BCUT2D eigenvalue weighted by atomic mass is 32.2. The van der Waals surface area contributed by atoms with Gasteiger partial charge in [0.25, 0.3) is 5.91 Å². The van der Waals surface area contributed by atoms with Crippen LogP contribution in [0.15, 0.2) is 29.2 Å². The molecule has 6 heteroatoms. The van der Waals surface area contributed by atoms with Crippen LogP contribution in [-0.2, 0) is 12.8 Å². The van der Waals surface area contributed by atoms with E-state index in [1.165, 1.54) is 42.6 Å². The predicted molar refractivity (Wildman–Crippen MR) is 113 cm³/mol. The minimum Gasteiger partial charge on any atom is -0.335 e. The highest BCUT2D eigenvalue weighted by Gasteiger charge is 2.32. The predicted octanol–water partition coefficient (Wildman–Crippen LogP) is 3.78. The molecule has 28 heavy (non-hydrogen) atoms. The quantitative estimate of drug-likeness (QED) is 0.775. The molecule has 1 aromatic heterocycles. The average molecular weight is 397 g/mol. The number of fused-ring (bicyclic) bond motifs is 3. The van der Waals surface area contributed by atoms with Gasteiger partial charge in [-0.05, 0) is 18.9 Å². The van der Waals surface area contributed by atoms with Gasteiger partial charge in [0.05, 0.1) is 5.69 Å². The molecule has 0 N–H and O–H groups in total. The van der Waals surface area contributed by atoms with Crippen LogP contribution in [-0.4, -0.2) is 57.7 Å². The van der Waals surface area contributed by atoms with Gasteiger partial charge in [0, 0.05) is 61.0 Å². The summed E-state index contributed by atoms with van der Waals surface area (Å²) < 4.78 is 1.90. The third kappa shape index (κ3) is 3.16. The van der Waals surface area contributed by atoms with Gasteiger partial charge in [-0.1, -0.05) is 37.5 Å². The van der Waals surface area contributed by atoms with Gasteiger partial charge in [0.1, 0.15) is 0 Å². The van der Waals surface area contributed by atoms with E-state index in [2.05, 4.69) is 34.3 Å². The Bertz CT molecular complexity index is 879. The van der Waals surface area contributed by atoms with E-state index in [9.17, 15) is 4.79 Å². The standard InChI is InChI=1S/C22H28N4OS/c1-24-21-17-9-5-6-10-19(17)28-15-18(21)20(23-24)22(27)26-13-11-25(12-14-26)16-7-3-2-4-8-16/h5-6,9-10,16H,2-4,7-8,11-15H2,1H3. The number of aromatic nitrogens is 2. The average Bonchev–Trinajstić information content (AvgIpc) is 3.11. The number of aryl methyl sites for hydroxylation is 1. The summed E-state index contributed by atoms with van der Waals surface area (Å²) in [5.41, 5.74) is 4.07. The number of piperazine rings is 1. The molecule has 3 heterocycles. The Labute approximate surface area is 171 Å². The fourth-order valence-corrected chi connectivity index (χ4v) is 6.11. The zero-order chi connectivity index (χ0) is 19.1. The second-order valence-electron chi connectivity index (χ2n) is 8.20. The summed E-state index contributed by atoms with van der Waals surface area (Å²) in [5.74, 6) is 0.934. The third-order valence-corrected chi connectivity index (χ3v) is 7.65. The maximum absolute atomic E-state index is 13.3. The number of amides is 1. The minimum absolute atomic E-state index is 0.111. The molecule has 1 aromatic carbocycles. The van der Waals surface area contributed by atoms with Crippen LogP contribution in [0, 0.1) is 0 Å². The van der Waals surface area contributed by atoms with Crippen molar-refractivity contribution in [3.63, 3.8) is 0 Å². The second-order valence-corrected chi connectivity index (χ2v) is 9.22. The van der Waals surface area contributed by atoms with E-state index in [1.807, 2.05) is 28.4 Å². The van der Waals surface area contributed by atoms with Gasteiger partial charge in [-0.3, -0.25) is 14.4 Å². The van der Waals surface area contributed by atoms with Crippen molar-refractivity contribution < 1.29 is 4.79 Å². The van der Waals surface area contributed by atoms with Gasteiger partial charge < -0.3 is 4.90 Å². The van der Waals surface area contributed by atoms with Crippen molar-refractivity contribution in [3.8, 4) is 11.3 Å². The fraction of sp³-hybridized carbons (Fsp3) is 0.545. The molecule has 148 valence electrons. The number of hydrogen-bond acceptors (Lipinski definition) is 4. The number of nitrogens with zero attached hydrogens (tertiary/aromatic N) is 4. The van der Waals surface area contributed by atoms with Gasteiger partial charge in [0.2, 0.25) is 0 Å². The summed E-state index contributed by atoms with van der Waals surface area (Å²) in [6.45, 7) is 3.65. The summed E-state index contributed by atoms with van der Waals surface area (Å²) >= 11 is 1.81. The Balaban J connectivity index is 1.33. The molecule has 0 atom stereocenters. The first-order valence-corrected chi connectivity index (χ1v) is 11.5. The molecule has 0 radical (unpaired) electrons. The zero-order valence-corrected chi connectivity index (χ0v) is 17.4. The van der Waals surface area contributed by atoms with Crippen LogP contribution in [0.4, 0.5) is 0 Å². The molecule has 0 spiro atoms. The molecule has 0 unspecified atom stereocenters. The lowest BCUT2D eigenvalue weighted by Crippen LogP contribution is -2.52. The van der Waals surface area contributed by atoms with Gasteiger partial charge in [-0.25, -0.2) is 0 Å². The minimum atomic E-state index is 0.111. The highest BCUT2D eigenvalue weighted by Crippen LogP contribution is 2.42. The Morgan fingerprint density at radius 3 is 2.61 bits per heavy atom. The molecule has 5 nitrogen and oxygen atoms in total.